The van der Waals surface area contributed by atoms with Gasteiger partial charge in [0.25, 0.3) is 5.56 Å². The van der Waals surface area contributed by atoms with E-state index < -0.39 is 0 Å². The quantitative estimate of drug-likeness (QED) is 0.396. The highest BCUT2D eigenvalue weighted by Crippen LogP contribution is 2.24. The Morgan fingerprint density at radius 1 is 1.37 bits per heavy atom. The van der Waals surface area contributed by atoms with Gasteiger partial charge in [-0.05, 0) is 29.0 Å². The standard InChI is InChI=1S/C12H16IN3OS2/c1-2-3-4-5-6-7-18-12-15-16-10(17)9(13)8-14-11(16)19-12/h8H,2-7H2,1H3. The Bertz CT molecular complexity index is 596. The van der Waals surface area contributed by atoms with E-state index in [9.17, 15) is 4.79 Å². The lowest BCUT2D eigenvalue weighted by molar-refractivity contribution is 0.659. The summed E-state index contributed by atoms with van der Waals surface area (Å²) in [6.07, 6.45) is 8.01. The van der Waals surface area contributed by atoms with Gasteiger partial charge in [0.1, 0.15) is 0 Å². The lowest BCUT2D eigenvalue weighted by Crippen LogP contribution is -2.17. The van der Waals surface area contributed by atoms with Crippen molar-refractivity contribution in [3.05, 3.63) is 20.1 Å². The van der Waals surface area contributed by atoms with Crippen molar-refractivity contribution in [2.45, 2.75) is 43.4 Å². The van der Waals surface area contributed by atoms with Gasteiger partial charge in [-0.15, -0.1) is 5.10 Å². The summed E-state index contributed by atoms with van der Waals surface area (Å²) in [6, 6.07) is 0. The number of hydrogen-bond acceptors (Lipinski definition) is 5. The van der Waals surface area contributed by atoms with Gasteiger partial charge >= 0.3 is 0 Å². The zero-order valence-corrected chi connectivity index (χ0v) is 14.6. The summed E-state index contributed by atoms with van der Waals surface area (Å²) in [6.45, 7) is 2.22. The first kappa shape index (κ1) is 15.2. The SMILES string of the molecule is CCCCCCCSc1nn2c(=O)c(I)cnc2s1. The van der Waals surface area contributed by atoms with Crippen LogP contribution in [-0.2, 0) is 0 Å². The predicted octanol–water partition coefficient (Wildman–Crippen LogP) is 3.82. The van der Waals surface area contributed by atoms with Crippen molar-refractivity contribution in [3.63, 3.8) is 0 Å². The van der Waals surface area contributed by atoms with Crippen LogP contribution in [0.3, 0.4) is 0 Å². The molecule has 0 amide bonds. The summed E-state index contributed by atoms with van der Waals surface area (Å²) in [5.74, 6) is 1.06. The van der Waals surface area contributed by atoms with Crippen LogP contribution in [0.2, 0.25) is 0 Å². The number of halogens is 1. The smallest absolute Gasteiger partial charge is 0.266 e. The molecular formula is C12H16IN3OS2. The summed E-state index contributed by atoms with van der Waals surface area (Å²) in [5.41, 5.74) is -0.0726. The molecule has 0 radical (unpaired) electrons. The minimum atomic E-state index is -0.0726. The van der Waals surface area contributed by atoms with Crippen LogP contribution in [0.1, 0.15) is 39.0 Å². The number of unbranched alkanes of at least 4 members (excludes halogenated alkanes) is 4. The third-order valence-electron chi connectivity index (χ3n) is 2.70. The minimum absolute atomic E-state index is 0.0726. The van der Waals surface area contributed by atoms with Gasteiger partial charge in [-0.2, -0.15) is 4.52 Å². The van der Waals surface area contributed by atoms with Crippen molar-refractivity contribution in [3.8, 4) is 0 Å². The summed E-state index contributed by atoms with van der Waals surface area (Å²) in [7, 11) is 0. The van der Waals surface area contributed by atoms with Crippen LogP contribution in [0.5, 0.6) is 0 Å². The van der Waals surface area contributed by atoms with Crippen molar-refractivity contribution in [2.24, 2.45) is 0 Å². The first-order valence-corrected chi connectivity index (χ1v) is 9.27. The number of rotatable bonds is 7. The molecule has 19 heavy (non-hydrogen) atoms. The molecule has 0 aliphatic carbocycles. The molecule has 0 N–H and O–H groups in total. The molecule has 7 heteroatoms. The number of aromatic nitrogens is 3. The maximum Gasteiger partial charge on any atom is 0.288 e. The summed E-state index contributed by atoms with van der Waals surface area (Å²) in [4.78, 5) is 16.7. The van der Waals surface area contributed by atoms with Crippen LogP contribution in [-0.4, -0.2) is 20.4 Å². The van der Waals surface area contributed by atoms with E-state index in [4.69, 9.17) is 0 Å². The Labute approximate surface area is 134 Å². The van der Waals surface area contributed by atoms with Crippen molar-refractivity contribution < 1.29 is 0 Å². The molecule has 2 aromatic rings. The summed E-state index contributed by atoms with van der Waals surface area (Å²) in [5, 5.41) is 4.33. The predicted molar refractivity (Wildman–Crippen MR) is 89.3 cm³/mol. The lowest BCUT2D eigenvalue weighted by Gasteiger charge is -1.97. The summed E-state index contributed by atoms with van der Waals surface area (Å²) < 4.78 is 2.95. The maximum atomic E-state index is 11.8. The van der Waals surface area contributed by atoms with Gasteiger partial charge in [-0.1, -0.05) is 55.7 Å². The molecule has 0 fully saturated rings. The van der Waals surface area contributed by atoms with Gasteiger partial charge in [0, 0.05) is 11.9 Å². The average molecular weight is 409 g/mol. The summed E-state index contributed by atoms with van der Waals surface area (Å²) >= 11 is 5.20. The molecule has 0 bridgehead atoms. The zero-order valence-electron chi connectivity index (χ0n) is 10.8. The Hall–Kier alpha value is -0.150. The lowest BCUT2D eigenvalue weighted by atomic mass is 10.2. The van der Waals surface area contributed by atoms with E-state index in [-0.39, 0.29) is 5.56 Å². The van der Waals surface area contributed by atoms with Gasteiger partial charge in [-0.3, -0.25) is 4.79 Å². The monoisotopic (exact) mass is 409 g/mol. The maximum absolute atomic E-state index is 11.8. The molecule has 0 atom stereocenters. The van der Waals surface area contributed by atoms with Crippen LogP contribution in [0.25, 0.3) is 4.96 Å². The molecule has 0 aliphatic heterocycles. The van der Waals surface area contributed by atoms with Gasteiger partial charge in [0.2, 0.25) is 4.96 Å². The molecule has 104 valence electrons. The third kappa shape index (κ3) is 4.16. The first-order chi connectivity index (χ1) is 9.22. The normalized spacial score (nSPS) is 11.3. The Morgan fingerprint density at radius 3 is 2.95 bits per heavy atom. The Kier molecular flexibility index (Phi) is 6.08. The van der Waals surface area contributed by atoms with Crippen LogP contribution >= 0.6 is 45.7 Å². The van der Waals surface area contributed by atoms with Crippen LogP contribution in [0, 0.1) is 3.57 Å². The van der Waals surface area contributed by atoms with Crippen molar-refractivity contribution in [2.75, 3.05) is 5.75 Å². The second-order valence-electron chi connectivity index (χ2n) is 4.24. The molecule has 0 saturated carbocycles. The van der Waals surface area contributed by atoms with Crippen molar-refractivity contribution in [1.82, 2.24) is 14.6 Å². The fourth-order valence-corrected chi connectivity index (χ4v) is 4.00. The first-order valence-electron chi connectivity index (χ1n) is 6.39. The average Bonchev–Trinajstić information content (AvgIpc) is 2.82. The number of hydrogen-bond donors (Lipinski definition) is 0. The second-order valence-corrected chi connectivity index (χ2v) is 7.70. The molecule has 0 spiro atoms. The minimum Gasteiger partial charge on any atom is -0.266 e. The van der Waals surface area contributed by atoms with Gasteiger partial charge in [0.15, 0.2) is 4.34 Å². The van der Waals surface area contributed by atoms with E-state index in [1.54, 1.807) is 18.0 Å². The molecule has 2 aromatic heterocycles. The molecule has 4 nitrogen and oxygen atoms in total. The highest BCUT2D eigenvalue weighted by molar-refractivity contribution is 14.1. The molecule has 0 saturated heterocycles. The van der Waals surface area contributed by atoms with Gasteiger partial charge in [0.05, 0.1) is 3.57 Å². The number of thioether (sulfide) groups is 1. The van der Waals surface area contributed by atoms with Crippen LogP contribution in [0.15, 0.2) is 15.3 Å². The molecule has 2 rings (SSSR count). The van der Waals surface area contributed by atoms with Gasteiger partial charge < -0.3 is 0 Å². The van der Waals surface area contributed by atoms with E-state index in [0.717, 1.165) is 10.1 Å². The fourth-order valence-electron chi connectivity index (χ4n) is 1.67. The van der Waals surface area contributed by atoms with E-state index >= 15 is 0 Å². The highest BCUT2D eigenvalue weighted by atomic mass is 127. The number of fused-ring (bicyclic) bond motifs is 1. The molecular weight excluding hydrogens is 393 g/mol. The fraction of sp³-hybridized carbons (Fsp3) is 0.583. The van der Waals surface area contributed by atoms with Crippen molar-refractivity contribution in [1.29, 1.82) is 0 Å². The van der Waals surface area contributed by atoms with E-state index in [0.29, 0.717) is 8.53 Å². The Balaban J connectivity index is 1.91. The molecule has 0 unspecified atom stereocenters. The van der Waals surface area contributed by atoms with E-state index in [1.165, 1.54) is 48.0 Å². The zero-order chi connectivity index (χ0) is 13.7. The topological polar surface area (TPSA) is 47.3 Å². The molecule has 0 aliphatic rings. The third-order valence-corrected chi connectivity index (χ3v) is 5.58. The molecule has 0 aromatic carbocycles. The number of nitrogens with zero attached hydrogens (tertiary/aromatic N) is 3. The van der Waals surface area contributed by atoms with E-state index in [2.05, 4.69) is 17.0 Å². The largest absolute Gasteiger partial charge is 0.288 e. The Morgan fingerprint density at radius 2 is 2.16 bits per heavy atom. The van der Waals surface area contributed by atoms with Crippen LogP contribution < -0.4 is 5.56 Å². The van der Waals surface area contributed by atoms with Crippen LogP contribution in [0.4, 0.5) is 0 Å². The highest BCUT2D eigenvalue weighted by Gasteiger charge is 2.08. The van der Waals surface area contributed by atoms with Crippen molar-refractivity contribution >= 4 is 50.7 Å². The van der Waals surface area contributed by atoms with Gasteiger partial charge in [-0.25, -0.2) is 4.98 Å². The second kappa shape index (κ2) is 7.58. The molecule has 2 heterocycles. The van der Waals surface area contributed by atoms with E-state index in [1.807, 2.05) is 22.6 Å².